The standard InChI is InChI=1S/C20H22N4O3S/c1-14-6-7-16-4-3-5-18(20(16)22-14)28(25,26)24-12-9-17(10-13-24)27-19-8-11-21-15(2)23-19/h3-8,11,17H,9-10,12-13H2,1-2H3. The van der Waals surface area contributed by atoms with Gasteiger partial charge in [0, 0.05) is 36.4 Å². The lowest BCUT2D eigenvalue weighted by molar-refractivity contribution is 0.129. The summed E-state index contributed by atoms with van der Waals surface area (Å²) in [7, 11) is -3.62. The zero-order chi connectivity index (χ0) is 19.7. The molecule has 0 amide bonds. The van der Waals surface area contributed by atoms with E-state index in [-0.39, 0.29) is 11.0 Å². The molecule has 1 aliphatic rings. The van der Waals surface area contributed by atoms with Crippen molar-refractivity contribution in [2.24, 2.45) is 0 Å². The highest BCUT2D eigenvalue weighted by molar-refractivity contribution is 7.89. The largest absolute Gasteiger partial charge is 0.474 e. The van der Waals surface area contributed by atoms with Crippen LogP contribution in [0.1, 0.15) is 24.4 Å². The van der Waals surface area contributed by atoms with E-state index in [1.807, 2.05) is 32.0 Å². The summed E-state index contributed by atoms with van der Waals surface area (Å²) in [6.45, 7) is 4.47. The molecule has 1 saturated heterocycles. The normalized spacial score (nSPS) is 16.4. The third-order valence-electron chi connectivity index (χ3n) is 4.88. The lowest BCUT2D eigenvalue weighted by Crippen LogP contribution is -2.41. The molecule has 3 heterocycles. The SMILES string of the molecule is Cc1ccc2cccc(S(=O)(=O)N3CCC(Oc4ccnc(C)n4)CC3)c2n1. The molecule has 0 spiro atoms. The maximum Gasteiger partial charge on any atom is 0.245 e. The van der Waals surface area contributed by atoms with Crippen LogP contribution in [0.5, 0.6) is 5.88 Å². The third-order valence-corrected chi connectivity index (χ3v) is 6.81. The quantitative estimate of drug-likeness (QED) is 0.672. The van der Waals surface area contributed by atoms with Crippen LogP contribution in [-0.2, 0) is 10.0 Å². The molecular weight excluding hydrogens is 376 g/mol. The van der Waals surface area contributed by atoms with Gasteiger partial charge in [0.25, 0.3) is 0 Å². The highest BCUT2D eigenvalue weighted by Gasteiger charge is 2.31. The van der Waals surface area contributed by atoms with Gasteiger partial charge in [-0.15, -0.1) is 0 Å². The first kappa shape index (κ1) is 18.8. The van der Waals surface area contributed by atoms with Crippen molar-refractivity contribution in [3.63, 3.8) is 0 Å². The van der Waals surface area contributed by atoms with Crippen molar-refractivity contribution in [2.75, 3.05) is 13.1 Å². The number of aromatic nitrogens is 3. The molecule has 0 aliphatic carbocycles. The van der Waals surface area contributed by atoms with Crippen LogP contribution in [0.2, 0.25) is 0 Å². The summed E-state index contributed by atoms with van der Waals surface area (Å²) in [4.78, 5) is 13.0. The van der Waals surface area contributed by atoms with E-state index in [1.54, 1.807) is 24.4 Å². The molecule has 28 heavy (non-hydrogen) atoms. The molecule has 0 saturated carbocycles. The molecule has 0 bridgehead atoms. The zero-order valence-corrected chi connectivity index (χ0v) is 16.7. The highest BCUT2D eigenvalue weighted by Crippen LogP contribution is 2.27. The van der Waals surface area contributed by atoms with Gasteiger partial charge >= 0.3 is 0 Å². The van der Waals surface area contributed by atoms with E-state index in [9.17, 15) is 8.42 Å². The van der Waals surface area contributed by atoms with Gasteiger partial charge < -0.3 is 4.74 Å². The Morgan fingerprint density at radius 1 is 1.04 bits per heavy atom. The van der Waals surface area contributed by atoms with Gasteiger partial charge in [-0.3, -0.25) is 4.98 Å². The predicted molar refractivity (Wildman–Crippen MR) is 106 cm³/mol. The molecule has 1 aliphatic heterocycles. The third kappa shape index (κ3) is 3.70. The zero-order valence-electron chi connectivity index (χ0n) is 15.9. The van der Waals surface area contributed by atoms with E-state index in [1.165, 1.54) is 4.31 Å². The van der Waals surface area contributed by atoms with Gasteiger partial charge in [0.15, 0.2) is 0 Å². The predicted octanol–water partition coefficient (Wildman–Crippen LogP) is 2.87. The van der Waals surface area contributed by atoms with Crippen molar-refractivity contribution < 1.29 is 13.2 Å². The smallest absolute Gasteiger partial charge is 0.245 e. The molecule has 1 aromatic carbocycles. The Balaban J connectivity index is 1.52. The second-order valence-corrected chi connectivity index (χ2v) is 8.85. The number of para-hydroxylation sites is 1. The van der Waals surface area contributed by atoms with Crippen LogP contribution in [-0.4, -0.2) is 46.9 Å². The highest BCUT2D eigenvalue weighted by atomic mass is 32.2. The Labute approximate surface area is 164 Å². The number of hydrogen-bond donors (Lipinski definition) is 0. The maximum absolute atomic E-state index is 13.2. The van der Waals surface area contributed by atoms with Crippen molar-refractivity contribution in [3.05, 3.63) is 54.1 Å². The minimum atomic E-state index is -3.62. The average molecular weight is 398 g/mol. The lowest BCUT2D eigenvalue weighted by atomic mass is 10.1. The van der Waals surface area contributed by atoms with Gasteiger partial charge in [0.1, 0.15) is 16.8 Å². The molecule has 2 aromatic heterocycles. The Morgan fingerprint density at radius 2 is 1.82 bits per heavy atom. The first-order valence-electron chi connectivity index (χ1n) is 9.26. The van der Waals surface area contributed by atoms with Crippen LogP contribution >= 0.6 is 0 Å². The van der Waals surface area contributed by atoms with E-state index in [4.69, 9.17) is 4.74 Å². The number of ether oxygens (including phenoxy) is 1. The summed E-state index contributed by atoms with van der Waals surface area (Å²) in [6, 6.07) is 10.8. The minimum absolute atomic E-state index is 0.0614. The molecule has 7 nitrogen and oxygen atoms in total. The molecule has 0 N–H and O–H groups in total. The van der Waals surface area contributed by atoms with Crippen molar-refractivity contribution in [3.8, 4) is 5.88 Å². The van der Waals surface area contributed by atoms with E-state index < -0.39 is 10.0 Å². The molecule has 0 atom stereocenters. The van der Waals surface area contributed by atoms with E-state index in [0.29, 0.717) is 43.2 Å². The van der Waals surface area contributed by atoms with E-state index in [0.717, 1.165) is 11.1 Å². The summed E-state index contributed by atoms with van der Waals surface area (Å²) in [5, 5.41) is 0.823. The van der Waals surface area contributed by atoms with E-state index in [2.05, 4.69) is 15.0 Å². The number of pyridine rings is 1. The van der Waals surface area contributed by atoms with Crippen molar-refractivity contribution in [1.82, 2.24) is 19.3 Å². The number of nitrogens with zero attached hydrogens (tertiary/aromatic N) is 4. The maximum atomic E-state index is 13.2. The fourth-order valence-corrected chi connectivity index (χ4v) is 5.05. The van der Waals surface area contributed by atoms with Crippen molar-refractivity contribution in [2.45, 2.75) is 37.7 Å². The first-order chi connectivity index (χ1) is 13.4. The topological polar surface area (TPSA) is 85.3 Å². The average Bonchev–Trinajstić information content (AvgIpc) is 2.68. The number of piperidine rings is 1. The van der Waals surface area contributed by atoms with Gasteiger partial charge in [-0.25, -0.2) is 13.4 Å². The molecule has 0 unspecified atom stereocenters. The second-order valence-electron chi connectivity index (χ2n) is 6.94. The van der Waals surface area contributed by atoms with Crippen molar-refractivity contribution in [1.29, 1.82) is 0 Å². The fourth-order valence-electron chi connectivity index (χ4n) is 3.43. The summed E-state index contributed by atoms with van der Waals surface area (Å²) < 4.78 is 33.9. The van der Waals surface area contributed by atoms with Crippen LogP contribution in [0.4, 0.5) is 0 Å². The second kappa shape index (κ2) is 7.44. The summed E-state index contributed by atoms with van der Waals surface area (Å²) in [5.74, 6) is 1.18. The van der Waals surface area contributed by atoms with Crippen molar-refractivity contribution >= 4 is 20.9 Å². The molecular formula is C20H22N4O3S. The van der Waals surface area contributed by atoms with Crippen LogP contribution in [0, 0.1) is 13.8 Å². The van der Waals surface area contributed by atoms with Crippen LogP contribution in [0.15, 0.2) is 47.5 Å². The van der Waals surface area contributed by atoms with Gasteiger partial charge in [-0.05, 0) is 38.8 Å². The lowest BCUT2D eigenvalue weighted by Gasteiger charge is -2.31. The first-order valence-corrected chi connectivity index (χ1v) is 10.7. The molecule has 3 aromatic rings. The summed E-state index contributed by atoms with van der Waals surface area (Å²) in [5.41, 5.74) is 1.32. The molecule has 4 rings (SSSR count). The number of aryl methyl sites for hydroxylation is 2. The van der Waals surface area contributed by atoms with Crippen LogP contribution in [0.3, 0.4) is 0 Å². The van der Waals surface area contributed by atoms with Crippen LogP contribution in [0.25, 0.3) is 10.9 Å². The summed E-state index contributed by atoms with van der Waals surface area (Å²) in [6.07, 6.45) is 2.82. The molecule has 1 fully saturated rings. The van der Waals surface area contributed by atoms with Gasteiger partial charge in [0.05, 0.1) is 5.52 Å². The Hall–Kier alpha value is -2.58. The Morgan fingerprint density at radius 3 is 2.57 bits per heavy atom. The van der Waals surface area contributed by atoms with Gasteiger partial charge in [-0.2, -0.15) is 9.29 Å². The minimum Gasteiger partial charge on any atom is -0.474 e. The number of fused-ring (bicyclic) bond motifs is 1. The van der Waals surface area contributed by atoms with Crippen LogP contribution < -0.4 is 4.74 Å². The molecule has 8 heteroatoms. The Kier molecular flexibility index (Phi) is 4.99. The fraction of sp³-hybridized carbons (Fsp3) is 0.350. The molecule has 146 valence electrons. The monoisotopic (exact) mass is 398 g/mol. The number of benzene rings is 1. The van der Waals surface area contributed by atoms with E-state index >= 15 is 0 Å². The van der Waals surface area contributed by atoms with Gasteiger partial charge in [0.2, 0.25) is 15.9 Å². The molecule has 0 radical (unpaired) electrons. The Bertz CT molecular complexity index is 1110. The number of sulfonamides is 1. The van der Waals surface area contributed by atoms with Gasteiger partial charge in [-0.1, -0.05) is 18.2 Å². The number of rotatable bonds is 4. The number of hydrogen-bond acceptors (Lipinski definition) is 6. The summed E-state index contributed by atoms with van der Waals surface area (Å²) >= 11 is 0.